The van der Waals surface area contributed by atoms with Crippen molar-refractivity contribution in [1.82, 2.24) is 0 Å². The quantitative estimate of drug-likeness (QED) is 0.774. The lowest BCUT2D eigenvalue weighted by molar-refractivity contribution is 0.481. The van der Waals surface area contributed by atoms with Gasteiger partial charge >= 0.3 is 0 Å². The fourth-order valence-corrected chi connectivity index (χ4v) is 3.27. The number of benzene rings is 2. The van der Waals surface area contributed by atoms with Gasteiger partial charge in [0.2, 0.25) is 0 Å². The van der Waals surface area contributed by atoms with Gasteiger partial charge in [-0.3, -0.25) is 0 Å². The van der Waals surface area contributed by atoms with E-state index in [-0.39, 0.29) is 0 Å². The molecule has 0 amide bonds. The first kappa shape index (κ1) is 13.3. The van der Waals surface area contributed by atoms with Crippen LogP contribution in [0.4, 0.5) is 5.69 Å². The number of phenols is 1. The second kappa shape index (κ2) is 6.17. The van der Waals surface area contributed by atoms with E-state index in [4.69, 9.17) is 0 Å². The molecule has 1 fully saturated rings. The monoisotopic (exact) mass is 269 g/mol. The van der Waals surface area contributed by atoms with Crippen molar-refractivity contribution in [2.75, 3.05) is 11.9 Å². The minimum Gasteiger partial charge on any atom is -0.507 e. The Morgan fingerprint density at radius 1 is 0.900 bits per heavy atom. The molecule has 1 aliphatic carbocycles. The van der Waals surface area contributed by atoms with E-state index in [1.165, 1.54) is 38.5 Å². The number of aromatic hydroxyl groups is 1. The molecule has 2 N–H and O–H groups in total. The van der Waals surface area contributed by atoms with Crippen molar-refractivity contribution in [3.63, 3.8) is 0 Å². The molecule has 0 atom stereocenters. The van der Waals surface area contributed by atoms with Crippen LogP contribution in [0, 0.1) is 5.92 Å². The zero-order valence-corrected chi connectivity index (χ0v) is 11.9. The van der Waals surface area contributed by atoms with E-state index in [1.54, 1.807) is 6.07 Å². The van der Waals surface area contributed by atoms with E-state index in [1.807, 2.05) is 18.2 Å². The average molecular weight is 269 g/mol. The summed E-state index contributed by atoms with van der Waals surface area (Å²) in [5, 5.41) is 15.6. The first-order valence-electron chi connectivity index (χ1n) is 7.79. The van der Waals surface area contributed by atoms with Crippen LogP contribution >= 0.6 is 0 Å². The van der Waals surface area contributed by atoms with Gasteiger partial charge in [-0.2, -0.15) is 0 Å². The minimum absolute atomic E-state index is 0.362. The number of nitrogens with one attached hydrogen (secondary N) is 1. The van der Waals surface area contributed by atoms with Gasteiger partial charge in [0.1, 0.15) is 5.75 Å². The maximum absolute atomic E-state index is 9.92. The molecule has 3 rings (SSSR count). The Morgan fingerprint density at radius 2 is 1.60 bits per heavy atom. The molecule has 0 radical (unpaired) electrons. The second-order valence-electron chi connectivity index (χ2n) is 5.92. The molecule has 1 saturated carbocycles. The van der Waals surface area contributed by atoms with Gasteiger partial charge in [-0.1, -0.05) is 49.9 Å². The Morgan fingerprint density at radius 3 is 2.40 bits per heavy atom. The van der Waals surface area contributed by atoms with Gasteiger partial charge < -0.3 is 10.4 Å². The highest BCUT2D eigenvalue weighted by molar-refractivity contribution is 5.97. The molecule has 1 aliphatic rings. The van der Waals surface area contributed by atoms with Crippen LogP contribution in [0.2, 0.25) is 0 Å². The fraction of sp³-hybridized carbons (Fsp3) is 0.444. The average Bonchev–Trinajstić information content (AvgIpc) is 2.74. The van der Waals surface area contributed by atoms with Crippen LogP contribution in [-0.2, 0) is 0 Å². The van der Waals surface area contributed by atoms with Crippen molar-refractivity contribution in [3.8, 4) is 5.75 Å². The predicted molar refractivity (Wildman–Crippen MR) is 85.3 cm³/mol. The summed E-state index contributed by atoms with van der Waals surface area (Å²) in [6, 6.07) is 11.8. The molecule has 0 aliphatic heterocycles. The Balaban J connectivity index is 1.75. The van der Waals surface area contributed by atoms with Crippen LogP contribution in [0.25, 0.3) is 10.8 Å². The highest BCUT2D eigenvalue weighted by atomic mass is 16.3. The van der Waals surface area contributed by atoms with Crippen LogP contribution in [0.3, 0.4) is 0 Å². The van der Waals surface area contributed by atoms with Gasteiger partial charge in [0.05, 0.1) is 0 Å². The van der Waals surface area contributed by atoms with Crippen molar-refractivity contribution in [2.24, 2.45) is 5.92 Å². The second-order valence-corrected chi connectivity index (χ2v) is 5.92. The van der Waals surface area contributed by atoms with Gasteiger partial charge in [-0.05, 0) is 30.9 Å². The topological polar surface area (TPSA) is 32.3 Å². The lowest BCUT2D eigenvalue weighted by atomic mass is 10.00. The summed E-state index contributed by atoms with van der Waals surface area (Å²) in [7, 11) is 0. The first-order valence-corrected chi connectivity index (χ1v) is 7.79. The van der Waals surface area contributed by atoms with Crippen molar-refractivity contribution in [3.05, 3.63) is 36.4 Å². The molecule has 0 spiro atoms. The molecule has 2 heteroatoms. The van der Waals surface area contributed by atoms with E-state index >= 15 is 0 Å². The Bertz CT molecular complexity index is 571. The van der Waals surface area contributed by atoms with Crippen LogP contribution in [0.5, 0.6) is 5.75 Å². The molecular weight excluding hydrogens is 246 g/mol. The lowest BCUT2D eigenvalue weighted by Crippen LogP contribution is -2.13. The molecule has 2 aromatic rings. The summed E-state index contributed by atoms with van der Waals surface area (Å²) in [6.07, 6.45) is 8.26. The van der Waals surface area contributed by atoms with Gasteiger partial charge in [-0.15, -0.1) is 0 Å². The number of anilines is 1. The van der Waals surface area contributed by atoms with Crippen LogP contribution in [-0.4, -0.2) is 11.7 Å². The molecule has 0 heterocycles. The SMILES string of the molecule is Oc1cccc2c(NCC3CCCCCC3)cccc12. The molecule has 106 valence electrons. The molecule has 0 aromatic heterocycles. The molecule has 0 saturated heterocycles. The smallest absolute Gasteiger partial charge is 0.123 e. The molecule has 2 aromatic carbocycles. The largest absolute Gasteiger partial charge is 0.507 e. The normalized spacial score (nSPS) is 17.0. The summed E-state index contributed by atoms with van der Waals surface area (Å²) in [6.45, 7) is 1.05. The van der Waals surface area contributed by atoms with Gasteiger partial charge in [-0.25, -0.2) is 0 Å². The summed E-state index contributed by atoms with van der Waals surface area (Å²) in [5.41, 5.74) is 1.14. The summed E-state index contributed by atoms with van der Waals surface area (Å²) >= 11 is 0. The van der Waals surface area contributed by atoms with E-state index in [0.29, 0.717) is 5.75 Å². The number of phenolic OH excluding ortho intramolecular Hbond substituents is 1. The van der Waals surface area contributed by atoms with E-state index in [0.717, 1.165) is 28.9 Å². The van der Waals surface area contributed by atoms with Crippen molar-refractivity contribution < 1.29 is 5.11 Å². The third-order valence-corrected chi connectivity index (χ3v) is 4.45. The number of rotatable bonds is 3. The molecule has 0 bridgehead atoms. The van der Waals surface area contributed by atoms with Gasteiger partial charge in [0.15, 0.2) is 0 Å². The minimum atomic E-state index is 0.362. The molecule has 0 unspecified atom stereocenters. The Kier molecular flexibility index (Phi) is 4.10. The zero-order valence-electron chi connectivity index (χ0n) is 11.9. The maximum atomic E-state index is 9.92. The van der Waals surface area contributed by atoms with Gasteiger partial charge in [0.25, 0.3) is 0 Å². The summed E-state index contributed by atoms with van der Waals surface area (Å²) in [4.78, 5) is 0. The van der Waals surface area contributed by atoms with E-state index in [9.17, 15) is 5.11 Å². The number of hydrogen-bond donors (Lipinski definition) is 2. The Labute approximate surface area is 120 Å². The highest BCUT2D eigenvalue weighted by Gasteiger charge is 2.12. The summed E-state index contributed by atoms with van der Waals surface area (Å²) < 4.78 is 0. The lowest BCUT2D eigenvalue weighted by Gasteiger charge is -2.17. The van der Waals surface area contributed by atoms with Crippen LogP contribution < -0.4 is 5.32 Å². The maximum Gasteiger partial charge on any atom is 0.123 e. The molecule has 2 nitrogen and oxygen atoms in total. The highest BCUT2D eigenvalue weighted by Crippen LogP contribution is 2.30. The molecule has 20 heavy (non-hydrogen) atoms. The van der Waals surface area contributed by atoms with E-state index < -0.39 is 0 Å². The predicted octanol–water partition coefficient (Wildman–Crippen LogP) is 4.93. The Hall–Kier alpha value is -1.70. The first-order chi connectivity index (χ1) is 9.84. The molecular formula is C18H23NO. The number of hydrogen-bond acceptors (Lipinski definition) is 2. The third-order valence-electron chi connectivity index (χ3n) is 4.45. The summed E-state index contributed by atoms with van der Waals surface area (Å²) in [5.74, 6) is 1.16. The van der Waals surface area contributed by atoms with Crippen molar-refractivity contribution >= 4 is 16.5 Å². The fourth-order valence-electron chi connectivity index (χ4n) is 3.27. The van der Waals surface area contributed by atoms with E-state index in [2.05, 4.69) is 17.4 Å². The van der Waals surface area contributed by atoms with Crippen molar-refractivity contribution in [1.29, 1.82) is 0 Å². The third kappa shape index (κ3) is 2.90. The van der Waals surface area contributed by atoms with Crippen molar-refractivity contribution in [2.45, 2.75) is 38.5 Å². The van der Waals surface area contributed by atoms with Crippen LogP contribution in [0.15, 0.2) is 36.4 Å². The number of fused-ring (bicyclic) bond motifs is 1. The van der Waals surface area contributed by atoms with Gasteiger partial charge in [0, 0.05) is 23.0 Å². The standard InChI is InChI=1S/C18H23NO/c20-18-12-6-9-15-16(18)10-5-11-17(15)19-13-14-7-3-1-2-4-8-14/h5-6,9-12,14,19-20H,1-4,7-8,13H2. The van der Waals surface area contributed by atoms with Crippen LogP contribution in [0.1, 0.15) is 38.5 Å². The zero-order chi connectivity index (χ0) is 13.8.